The van der Waals surface area contributed by atoms with Crippen molar-refractivity contribution in [3.63, 3.8) is 0 Å². The van der Waals surface area contributed by atoms with E-state index >= 15 is 0 Å². The number of aryl methyl sites for hydroxylation is 1. The van der Waals surface area contributed by atoms with E-state index in [0.717, 1.165) is 24.8 Å². The fraction of sp³-hybridized carbons (Fsp3) is 0.481. The lowest BCUT2D eigenvalue weighted by Gasteiger charge is -2.31. The Morgan fingerprint density at radius 1 is 1.03 bits per heavy atom. The Hall–Kier alpha value is -2.27. The van der Waals surface area contributed by atoms with Gasteiger partial charge in [-0.2, -0.15) is 9.28 Å². The smallest absolute Gasteiger partial charge is 0.435 e. The summed E-state index contributed by atoms with van der Waals surface area (Å²) in [5, 5.41) is 10.2. The monoisotopic (exact) mass is 486 g/mol. The first-order chi connectivity index (χ1) is 16.3. The molecule has 1 fully saturated rings. The molecule has 1 N–H and O–H groups in total. The van der Waals surface area contributed by atoms with E-state index in [0.29, 0.717) is 19.0 Å². The molecular weight excluding hydrogens is 449 g/mol. The molecule has 1 unspecified atom stereocenters. The van der Waals surface area contributed by atoms with E-state index in [-0.39, 0.29) is 31.3 Å². The van der Waals surface area contributed by atoms with Gasteiger partial charge in [0.1, 0.15) is 12.2 Å². The van der Waals surface area contributed by atoms with Crippen molar-refractivity contribution in [1.82, 2.24) is 0 Å². The maximum absolute atomic E-state index is 13.6. The lowest BCUT2D eigenvalue weighted by atomic mass is 9.97. The number of likely N-dealkylation sites (tertiary alicyclic amines) is 1. The van der Waals surface area contributed by atoms with Crippen LogP contribution in [0.2, 0.25) is 0 Å². The summed E-state index contributed by atoms with van der Waals surface area (Å²) in [6.45, 7) is 4.05. The molecule has 2 aromatic carbocycles. The average molecular weight is 487 g/mol. The van der Waals surface area contributed by atoms with Crippen LogP contribution in [0.5, 0.6) is 0 Å². The van der Waals surface area contributed by atoms with E-state index in [9.17, 15) is 19.3 Å². The zero-order chi connectivity index (χ0) is 24.6. The van der Waals surface area contributed by atoms with Crippen molar-refractivity contribution >= 4 is 19.4 Å². The van der Waals surface area contributed by atoms with Gasteiger partial charge < -0.3 is 9.63 Å². The SMILES string of the molecule is CCOP(=O)(CCCCc1ccccc1)CC(=O)[N@@+]1(C(=O)O)C[C@H](Cc2ccccc2)C[C@H]1C. The Labute approximate surface area is 203 Å². The van der Waals surface area contributed by atoms with Gasteiger partial charge in [0.2, 0.25) is 7.37 Å². The van der Waals surface area contributed by atoms with Crippen molar-refractivity contribution in [2.24, 2.45) is 5.92 Å². The maximum Gasteiger partial charge on any atom is 0.521 e. The highest BCUT2D eigenvalue weighted by Crippen LogP contribution is 2.49. The van der Waals surface area contributed by atoms with Crippen molar-refractivity contribution in [1.29, 1.82) is 0 Å². The fourth-order valence-electron chi connectivity index (χ4n) is 5.22. The molecule has 3 rings (SSSR count). The molecule has 1 aliphatic rings. The molecule has 6 nitrogen and oxygen atoms in total. The summed E-state index contributed by atoms with van der Waals surface area (Å²) in [5.74, 6) is -0.412. The molecule has 0 radical (unpaired) electrons. The number of quaternary nitrogens is 1. The first kappa shape index (κ1) is 26.3. The van der Waals surface area contributed by atoms with E-state index in [1.165, 1.54) is 5.56 Å². The average Bonchev–Trinajstić information content (AvgIpc) is 3.15. The summed E-state index contributed by atoms with van der Waals surface area (Å²) < 4.78 is 18.6. The number of rotatable bonds is 11. The number of hydrogen-bond acceptors (Lipinski definition) is 4. The largest absolute Gasteiger partial charge is 0.521 e. The Morgan fingerprint density at radius 3 is 2.24 bits per heavy atom. The molecular formula is C27H37NO5P+. The number of hydrogen-bond donors (Lipinski definition) is 1. The second-order valence-electron chi connectivity index (χ2n) is 9.42. The summed E-state index contributed by atoms with van der Waals surface area (Å²) >= 11 is 0. The topological polar surface area (TPSA) is 80.7 Å². The van der Waals surface area contributed by atoms with E-state index in [1.54, 1.807) is 6.92 Å². The van der Waals surface area contributed by atoms with Gasteiger partial charge >= 0.3 is 12.0 Å². The van der Waals surface area contributed by atoms with Crippen LogP contribution in [0.15, 0.2) is 60.7 Å². The Morgan fingerprint density at radius 2 is 1.65 bits per heavy atom. The third-order valence-corrected chi connectivity index (χ3v) is 9.40. The molecule has 34 heavy (non-hydrogen) atoms. The molecule has 0 bridgehead atoms. The minimum Gasteiger partial charge on any atom is -0.435 e. The highest BCUT2D eigenvalue weighted by atomic mass is 31.2. The Bertz CT molecular complexity index is 997. The second-order valence-corrected chi connectivity index (χ2v) is 12.1. The van der Waals surface area contributed by atoms with E-state index in [1.807, 2.05) is 55.5 Å². The first-order valence-electron chi connectivity index (χ1n) is 12.2. The molecule has 2 aromatic rings. The molecule has 0 aliphatic carbocycles. The van der Waals surface area contributed by atoms with E-state index < -0.39 is 23.9 Å². The highest BCUT2D eigenvalue weighted by molar-refractivity contribution is 7.59. The van der Waals surface area contributed by atoms with Crippen LogP contribution >= 0.6 is 7.37 Å². The number of benzene rings is 2. The van der Waals surface area contributed by atoms with Crippen LogP contribution in [0.25, 0.3) is 0 Å². The fourth-order valence-corrected chi connectivity index (χ4v) is 7.44. The van der Waals surface area contributed by atoms with Crippen molar-refractivity contribution in [3.05, 3.63) is 71.8 Å². The standard InChI is InChI=1S/C27H36NO5P/c1-3-33-34(32,17-11-10-14-23-12-6-4-7-13-23)21-26(29)28(27(30)31)20-25(18-22(28)2)19-24-15-8-5-9-16-24/h4-9,12-13,15-16,22,25H,3,10-11,14,17-21H2,1-2H3/p+1/t22-,25+,28-,34?/m1/s1. The lowest BCUT2D eigenvalue weighted by Crippen LogP contribution is -2.59. The third kappa shape index (κ3) is 6.44. The van der Waals surface area contributed by atoms with Gasteiger partial charge in [-0.15, -0.1) is 0 Å². The molecule has 0 aromatic heterocycles. The van der Waals surface area contributed by atoms with Crippen molar-refractivity contribution in [3.8, 4) is 0 Å². The lowest BCUT2D eigenvalue weighted by molar-refractivity contribution is -0.792. The summed E-state index contributed by atoms with van der Waals surface area (Å²) in [7, 11) is -3.27. The van der Waals surface area contributed by atoms with Crippen molar-refractivity contribution in [2.45, 2.75) is 52.0 Å². The number of nitrogens with zero attached hydrogens (tertiary/aromatic N) is 1. The first-order valence-corrected chi connectivity index (χ1v) is 14.2. The number of carboxylic acid groups (broad SMARTS) is 1. The molecule has 0 saturated carbocycles. The second kappa shape index (κ2) is 11.9. The molecule has 4 atom stereocenters. The summed E-state index contributed by atoms with van der Waals surface area (Å²) in [5.41, 5.74) is 2.35. The van der Waals surface area contributed by atoms with Crippen LogP contribution in [0.3, 0.4) is 0 Å². The van der Waals surface area contributed by atoms with Crippen LogP contribution in [0, 0.1) is 5.92 Å². The van der Waals surface area contributed by atoms with Gasteiger partial charge in [0.25, 0.3) is 0 Å². The van der Waals surface area contributed by atoms with Gasteiger partial charge in [-0.05, 0) is 50.7 Å². The predicted molar refractivity (Wildman–Crippen MR) is 134 cm³/mol. The molecule has 7 heteroatoms. The number of imide groups is 1. The summed E-state index contributed by atoms with van der Waals surface area (Å²) in [6, 6.07) is 19.7. The van der Waals surface area contributed by atoms with Crippen LogP contribution in [0.4, 0.5) is 4.79 Å². The highest BCUT2D eigenvalue weighted by Gasteiger charge is 2.57. The Kier molecular flexibility index (Phi) is 9.24. The predicted octanol–water partition coefficient (Wildman–Crippen LogP) is 6.00. The molecule has 184 valence electrons. The molecule has 1 saturated heterocycles. The van der Waals surface area contributed by atoms with Crippen LogP contribution in [-0.4, -0.2) is 53.1 Å². The van der Waals surface area contributed by atoms with Gasteiger partial charge in [0, 0.05) is 18.5 Å². The van der Waals surface area contributed by atoms with Crippen LogP contribution < -0.4 is 0 Å². The van der Waals surface area contributed by atoms with Crippen LogP contribution in [-0.2, 0) is 26.7 Å². The zero-order valence-corrected chi connectivity index (χ0v) is 21.2. The molecule has 1 heterocycles. The Balaban J connectivity index is 1.66. The quantitative estimate of drug-likeness (QED) is 0.239. The number of amides is 2. The number of unbranched alkanes of at least 4 members (excludes halogenated alkanes) is 1. The summed E-state index contributed by atoms with van der Waals surface area (Å²) in [4.78, 5) is 26.0. The molecule has 2 amide bonds. The normalized spacial score (nSPS) is 23.9. The van der Waals surface area contributed by atoms with Crippen LogP contribution in [0.1, 0.15) is 44.2 Å². The van der Waals surface area contributed by atoms with Gasteiger partial charge in [0.15, 0.2) is 0 Å². The van der Waals surface area contributed by atoms with Crippen molar-refractivity contribution in [2.75, 3.05) is 25.5 Å². The van der Waals surface area contributed by atoms with E-state index in [4.69, 9.17) is 4.52 Å². The minimum absolute atomic E-state index is 0.0785. The zero-order valence-electron chi connectivity index (χ0n) is 20.3. The van der Waals surface area contributed by atoms with Gasteiger partial charge in [-0.1, -0.05) is 60.7 Å². The van der Waals surface area contributed by atoms with E-state index in [2.05, 4.69) is 12.1 Å². The minimum atomic E-state index is -3.27. The maximum atomic E-state index is 13.6. The number of carbonyl (C=O) groups is 2. The molecule has 0 spiro atoms. The third-order valence-electron chi connectivity index (χ3n) is 6.92. The molecule has 1 aliphatic heterocycles. The van der Waals surface area contributed by atoms with Gasteiger partial charge in [-0.25, -0.2) is 4.79 Å². The van der Waals surface area contributed by atoms with Gasteiger partial charge in [0.05, 0.1) is 13.2 Å². The van der Waals surface area contributed by atoms with Gasteiger partial charge in [-0.3, -0.25) is 4.57 Å². The van der Waals surface area contributed by atoms with Crippen molar-refractivity contribution < 1.29 is 28.3 Å². The number of carbonyl (C=O) groups excluding carboxylic acids is 1. The summed E-state index contributed by atoms with van der Waals surface area (Å²) in [6.07, 6.45) is 2.57.